The zero-order valence-corrected chi connectivity index (χ0v) is 13.4. The summed E-state index contributed by atoms with van der Waals surface area (Å²) in [7, 11) is 0. The Morgan fingerprint density at radius 1 is 1.15 bits per heavy atom. The molecule has 3 nitrogen and oxygen atoms in total. The molecule has 0 atom stereocenters. The van der Waals surface area contributed by atoms with E-state index < -0.39 is 11.0 Å². The van der Waals surface area contributed by atoms with E-state index >= 15 is 0 Å². The SMILES string of the molecule is CCCCc1ccc(NC(=O)C(C)(C)C(C)(C)N)cc1. The second-order valence-electron chi connectivity index (χ2n) is 6.60. The molecule has 1 aromatic carbocycles. The van der Waals surface area contributed by atoms with E-state index in [4.69, 9.17) is 5.73 Å². The van der Waals surface area contributed by atoms with E-state index in [-0.39, 0.29) is 5.91 Å². The van der Waals surface area contributed by atoms with E-state index in [0.29, 0.717) is 0 Å². The van der Waals surface area contributed by atoms with Crippen LogP contribution in [0.3, 0.4) is 0 Å². The molecule has 0 aliphatic rings. The summed E-state index contributed by atoms with van der Waals surface area (Å²) in [5, 5.41) is 2.95. The molecule has 0 aliphatic heterocycles. The van der Waals surface area contributed by atoms with Gasteiger partial charge in [0.25, 0.3) is 0 Å². The van der Waals surface area contributed by atoms with E-state index in [2.05, 4.69) is 24.4 Å². The van der Waals surface area contributed by atoms with Gasteiger partial charge in [-0.2, -0.15) is 0 Å². The van der Waals surface area contributed by atoms with Crippen LogP contribution >= 0.6 is 0 Å². The third-order valence-corrected chi connectivity index (χ3v) is 4.21. The Kier molecular flexibility index (Phi) is 5.35. The molecule has 1 aromatic rings. The maximum atomic E-state index is 12.3. The Hall–Kier alpha value is -1.35. The van der Waals surface area contributed by atoms with E-state index in [0.717, 1.165) is 12.1 Å². The number of hydrogen-bond donors (Lipinski definition) is 2. The van der Waals surface area contributed by atoms with Crippen LogP contribution in [0.25, 0.3) is 0 Å². The fraction of sp³-hybridized carbons (Fsp3) is 0.588. The van der Waals surface area contributed by atoms with Crippen molar-refractivity contribution >= 4 is 11.6 Å². The van der Waals surface area contributed by atoms with E-state index in [1.807, 2.05) is 39.8 Å². The average Bonchev–Trinajstić information content (AvgIpc) is 2.36. The van der Waals surface area contributed by atoms with Gasteiger partial charge in [0.1, 0.15) is 0 Å². The second-order valence-corrected chi connectivity index (χ2v) is 6.60. The number of hydrogen-bond acceptors (Lipinski definition) is 2. The number of nitrogens with one attached hydrogen (secondary N) is 1. The molecule has 3 heteroatoms. The third-order valence-electron chi connectivity index (χ3n) is 4.21. The van der Waals surface area contributed by atoms with Gasteiger partial charge in [0.15, 0.2) is 0 Å². The summed E-state index contributed by atoms with van der Waals surface area (Å²) < 4.78 is 0. The first kappa shape index (κ1) is 16.7. The summed E-state index contributed by atoms with van der Waals surface area (Å²) in [5.41, 5.74) is 7.02. The minimum Gasteiger partial charge on any atom is -0.326 e. The van der Waals surface area contributed by atoms with Crippen molar-refractivity contribution in [3.63, 3.8) is 0 Å². The van der Waals surface area contributed by atoms with Crippen molar-refractivity contribution in [3.8, 4) is 0 Å². The summed E-state index contributed by atoms with van der Waals surface area (Å²) in [6.07, 6.45) is 3.48. The second kappa shape index (κ2) is 6.40. The largest absolute Gasteiger partial charge is 0.326 e. The molecule has 0 aliphatic carbocycles. The number of carbonyl (C=O) groups excluding carboxylic acids is 1. The number of nitrogens with two attached hydrogens (primary N) is 1. The van der Waals surface area contributed by atoms with Crippen LogP contribution in [0.4, 0.5) is 5.69 Å². The fourth-order valence-corrected chi connectivity index (χ4v) is 1.72. The number of anilines is 1. The molecular weight excluding hydrogens is 248 g/mol. The van der Waals surface area contributed by atoms with Crippen molar-refractivity contribution in [2.24, 2.45) is 11.1 Å². The molecule has 0 aromatic heterocycles. The van der Waals surface area contributed by atoms with Gasteiger partial charge in [0.2, 0.25) is 5.91 Å². The van der Waals surface area contributed by atoms with Crippen LogP contribution in [0.2, 0.25) is 0 Å². The maximum absolute atomic E-state index is 12.3. The van der Waals surface area contributed by atoms with Crippen LogP contribution in [0.15, 0.2) is 24.3 Å². The van der Waals surface area contributed by atoms with E-state index in [9.17, 15) is 4.79 Å². The van der Waals surface area contributed by atoms with Crippen molar-refractivity contribution in [3.05, 3.63) is 29.8 Å². The minimum absolute atomic E-state index is 0.0497. The van der Waals surface area contributed by atoms with Crippen LogP contribution in [0, 0.1) is 5.41 Å². The molecule has 0 saturated heterocycles. The van der Waals surface area contributed by atoms with Crippen molar-refractivity contribution in [1.82, 2.24) is 0 Å². The summed E-state index contributed by atoms with van der Waals surface area (Å²) in [6.45, 7) is 9.68. The van der Waals surface area contributed by atoms with Crippen LogP contribution in [0.1, 0.15) is 53.0 Å². The summed E-state index contributed by atoms with van der Waals surface area (Å²) in [5.74, 6) is -0.0497. The molecule has 0 heterocycles. The van der Waals surface area contributed by atoms with Gasteiger partial charge in [-0.05, 0) is 58.2 Å². The van der Waals surface area contributed by atoms with Gasteiger partial charge in [-0.1, -0.05) is 25.5 Å². The summed E-state index contributed by atoms with van der Waals surface area (Å²) in [4.78, 5) is 12.3. The molecule has 1 rings (SSSR count). The smallest absolute Gasteiger partial charge is 0.231 e. The lowest BCUT2D eigenvalue weighted by molar-refractivity contribution is -0.126. The lowest BCUT2D eigenvalue weighted by atomic mass is 9.74. The first-order chi connectivity index (χ1) is 9.18. The molecule has 0 bridgehead atoms. The molecule has 0 spiro atoms. The lowest BCUT2D eigenvalue weighted by Gasteiger charge is -2.36. The van der Waals surface area contributed by atoms with Gasteiger partial charge in [-0.25, -0.2) is 0 Å². The van der Waals surface area contributed by atoms with Gasteiger partial charge < -0.3 is 11.1 Å². The lowest BCUT2D eigenvalue weighted by Crippen LogP contribution is -2.53. The zero-order valence-electron chi connectivity index (χ0n) is 13.4. The molecule has 112 valence electrons. The van der Waals surface area contributed by atoms with E-state index in [1.165, 1.54) is 18.4 Å². The Morgan fingerprint density at radius 3 is 2.15 bits per heavy atom. The van der Waals surface area contributed by atoms with Crippen LogP contribution in [-0.2, 0) is 11.2 Å². The van der Waals surface area contributed by atoms with Crippen molar-refractivity contribution < 1.29 is 4.79 Å². The average molecular weight is 276 g/mol. The highest BCUT2D eigenvalue weighted by Crippen LogP contribution is 2.29. The van der Waals surface area contributed by atoms with Crippen molar-refractivity contribution in [2.45, 2.75) is 59.4 Å². The van der Waals surface area contributed by atoms with Gasteiger partial charge in [0.05, 0.1) is 5.41 Å². The highest BCUT2D eigenvalue weighted by molar-refractivity contribution is 5.95. The normalized spacial score (nSPS) is 12.3. The Labute approximate surface area is 122 Å². The Balaban J connectivity index is 2.72. The number of rotatable bonds is 6. The predicted octanol–water partition coefficient (Wildman–Crippen LogP) is 3.73. The molecule has 20 heavy (non-hydrogen) atoms. The molecule has 1 amide bonds. The van der Waals surface area contributed by atoms with Crippen molar-refractivity contribution in [2.75, 3.05) is 5.32 Å². The van der Waals surface area contributed by atoms with Crippen molar-refractivity contribution in [1.29, 1.82) is 0 Å². The first-order valence-electron chi connectivity index (χ1n) is 7.37. The summed E-state index contributed by atoms with van der Waals surface area (Å²) in [6, 6.07) is 8.07. The molecule has 0 saturated carbocycles. The van der Waals surface area contributed by atoms with Gasteiger partial charge >= 0.3 is 0 Å². The third kappa shape index (κ3) is 4.07. The number of aryl methyl sites for hydroxylation is 1. The summed E-state index contributed by atoms with van der Waals surface area (Å²) >= 11 is 0. The Bertz CT molecular complexity index is 441. The molecule has 0 radical (unpaired) electrons. The monoisotopic (exact) mass is 276 g/mol. The zero-order chi connectivity index (χ0) is 15.4. The topological polar surface area (TPSA) is 55.1 Å². The number of benzene rings is 1. The van der Waals surface area contributed by atoms with Crippen LogP contribution < -0.4 is 11.1 Å². The van der Waals surface area contributed by atoms with Gasteiger partial charge in [-0.15, -0.1) is 0 Å². The molecule has 3 N–H and O–H groups in total. The Morgan fingerprint density at radius 2 is 1.70 bits per heavy atom. The predicted molar refractivity (Wildman–Crippen MR) is 85.7 cm³/mol. The van der Waals surface area contributed by atoms with E-state index in [1.54, 1.807) is 0 Å². The molecule has 0 unspecified atom stereocenters. The van der Waals surface area contributed by atoms with Gasteiger partial charge in [0, 0.05) is 11.2 Å². The first-order valence-corrected chi connectivity index (χ1v) is 7.37. The standard InChI is InChI=1S/C17H28N2O/c1-6-7-8-13-9-11-14(12-10-13)19-15(20)16(2,3)17(4,5)18/h9-12H,6-8,18H2,1-5H3,(H,19,20). The minimum atomic E-state index is -0.631. The highest BCUT2D eigenvalue weighted by Gasteiger charge is 2.40. The molecule has 0 fully saturated rings. The number of amides is 1. The fourth-order valence-electron chi connectivity index (χ4n) is 1.72. The highest BCUT2D eigenvalue weighted by atomic mass is 16.2. The number of unbranched alkanes of at least 4 members (excludes halogenated alkanes) is 1. The quantitative estimate of drug-likeness (QED) is 0.831. The van der Waals surface area contributed by atoms with Crippen LogP contribution in [0.5, 0.6) is 0 Å². The van der Waals surface area contributed by atoms with Gasteiger partial charge in [-0.3, -0.25) is 4.79 Å². The number of carbonyl (C=O) groups is 1. The molecular formula is C17H28N2O. The van der Waals surface area contributed by atoms with Crippen LogP contribution in [-0.4, -0.2) is 11.4 Å². The maximum Gasteiger partial charge on any atom is 0.231 e.